The Morgan fingerprint density at radius 3 is 2.27 bits per heavy atom. The molecule has 0 saturated heterocycles. The van der Waals surface area contributed by atoms with E-state index in [1.807, 2.05) is 60.9 Å². The molecule has 1 atom stereocenters. The molecule has 3 aromatic rings. The smallest absolute Gasteiger partial charge is 0.332 e. The Hall–Kier alpha value is -3.45. The summed E-state index contributed by atoms with van der Waals surface area (Å²) in [6.45, 7) is 4.62. The highest BCUT2D eigenvalue weighted by atomic mass is 16.4. The lowest BCUT2D eigenvalue weighted by Gasteiger charge is -2.16. The second kappa shape index (κ2) is 10.9. The molecule has 0 spiro atoms. The second-order valence-corrected chi connectivity index (χ2v) is 8.44. The first kappa shape index (κ1) is 24.2. The highest BCUT2D eigenvalue weighted by Gasteiger charge is 2.27. The lowest BCUT2D eigenvalue weighted by molar-refractivity contribution is -0.146. The molecule has 7 heteroatoms. The lowest BCUT2D eigenvalue weighted by atomic mass is 9.92. The van der Waals surface area contributed by atoms with Crippen molar-refractivity contribution in [2.75, 3.05) is 0 Å². The number of carboxylic acids is 1. The minimum absolute atomic E-state index is 0.0527. The van der Waals surface area contributed by atoms with Gasteiger partial charge in [0.1, 0.15) is 5.69 Å². The molecule has 2 aromatic carbocycles. The number of aliphatic hydroxyl groups excluding tert-OH is 1. The van der Waals surface area contributed by atoms with Crippen molar-refractivity contribution in [3.05, 3.63) is 65.2 Å². The van der Waals surface area contributed by atoms with Gasteiger partial charge in [0.05, 0.1) is 5.56 Å². The molecule has 174 valence electrons. The summed E-state index contributed by atoms with van der Waals surface area (Å²) < 4.78 is 1.89. The Morgan fingerprint density at radius 2 is 1.64 bits per heavy atom. The molecule has 33 heavy (non-hydrogen) atoms. The molecule has 0 aliphatic heterocycles. The van der Waals surface area contributed by atoms with Gasteiger partial charge in [-0.15, -0.1) is 4.91 Å². The lowest BCUT2D eigenvalue weighted by Crippen LogP contribution is -2.18. The normalized spacial score (nSPS) is 12.1. The minimum Gasteiger partial charge on any atom is -0.494 e. The molecular weight excluding hydrogens is 420 g/mol. The Kier molecular flexibility index (Phi) is 8.01. The van der Waals surface area contributed by atoms with Crippen molar-refractivity contribution in [2.24, 2.45) is 5.18 Å². The van der Waals surface area contributed by atoms with Crippen molar-refractivity contribution in [3.63, 3.8) is 0 Å². The van der Waals surface area contributed by atoms with E-state index in [1.165, 1.54) is 0 Å². The summed E-state index contributed by atoms with van der Waals surface area (Å²) in [5, 5.41) is 32.9. The van der Waals surface area contributed by atoms with Crippen LogP contribution in [0.25, 0.3) is 22.3 Å². The molecule has 1 heterocycles. The Bertz CT molecular complexity index is 1110. The number of aliphatic carboxylic acids is 1. The van der Waals surface area contributed by atoms with E-state index >= 15 is 0 Å². The number of hydrogen-bond acceptors (Lipinski definition) is 5. The van der Waals surface area contributed by atoms with E-state index in [-0.39, 0.29) is 18.2 Å². The summed E-state index contributed by atoms with van der Waals surface area (Å²) in [5.74, 6) is -1.03. The summed E-state index contributed by atoms with van der Waals surface area (Å²) in [4.78, 5) is 22.4. The van der Waals surface area contributed by atoms with Gasteiger partial charge in [-0.2, -0.15) is 0 Å². The fourth-order valence-electron chi connectivity index (χ4n) is 4.27. The maximum Gasteiger partial charge on any atom is 0.332 e. The summed E-state index contributed by atoms with van der Waals surface area (Å²) >= 11 is 0. The molecule has 0 fully saturated rings. The average Bonchev–Trinajstić information content (AvgIpc) is 3.11. The van der Waals surface area contributed by atoms with Crippen molar-refractivity contribution in [2.45, 2.75) is 58.1 Å². The summed E-state index contributed by atoms with van der Waals surface area (Å²) in [6, 6.07) is 16.7. The topological polar surface area (TPSA) is 112 Å². The molecule has 7 nitrogen and oxygen atoms in total. The first-order valence-electron chi connectivity index (χ1n) is 11.2. The zero-order chi connectivity index (χ0) is 24.0. The number of carboxylic acid groups (broad SMARTS) is 1. The maximum absolute atomic E-state index is 11.6. The van der Waals surface area contributed by atoms with E-state index in [9.17, 15) is 19.9 Å². The number of benzene rings is 2. The first-order chi connectivity index (χ1) is 15.9. The van der Waals surface area contributed by atoms with Gasteiger partial charge < -0.3 is 19.9 Å². The van der Waals surface area contributed by atoms with Crippen LogP contribution < -0.4 is 0 Å². The zero-order valence-corrected chi connectivity index (χ0v) is 18.9. The van der Waals surface area contributed by atoms with Gasteiger partial charge in [-0.05, 0) is 35.6 Å². The third kappa shape index (κ3) is 5.31. The fourth-order valence-corrected chi connectivity index (χ4v) is 4.27. The van der Waals surface area contributed by atoms with Crippen LogP contribution in [0.2, 0.25) is 0 Å². The highest BCUT2D eigenvalue weighted by Crippen LogP contribution is 2.48. The van der Waals surface area contributed by atoms with E-state index in [4.69, 9.17) is 5.11 Å². The van der Waals surface area contributed by atoms with Crippen molar-refractivity contribution in [1.82, 2.24) is 4.57 Å². The number of aliphatic hydroxyl groups is 1. The molecule has 3 rings (SSSR count). The monoisotopic (exact) mass is 450 g/mol. The van der Waals surface area contributed by atoms with Gasteiger partial charge in [0.25, 0.3) is 0 Å². The number of unbranched alkanes of at least 4 members (excludes halogenated alkanes) is 2. The van der Waals surface area contributed by atoms with Crippen molar-refractivity contribution in [1.29, 1.82) is 0 Å². The third-order valence-corrected chi connectivity index (χ3v) is 5.80. The maximum atomic E-state index is 11.6. The zero-order valence-electron chi connectivity index (χ0n) is 18.9. The molecule has 0 radical (unpaired) electrons. The van der Waals surface area contributed by atoms with Crippen molar-refractivity contribution in [3.8, 4) is 28.1 Å². The van der Waals surface area contributed by atoms with Crippen LogP contribution in [-0.4, -0.2) is 32.0 Å². The number of carbonyl (C=O) groups is 1. The van der Waals surface area contributed by atoms with Gasteiger partial charge in [0.2, 0.25) is 0 Å². The number of nitroso groups, excluding NO2 is 1. The van der Waals surface area contributed by atoms with Gasteiger partial charge in [0, 0.05) is 23.4 Å². The molecule has 1 aromatic heterocycles. The quantitative estimate of drug-likeness (QED) is 0.243. The molecule has 0 aliphatic carbocycles. The predicted octanol–water partition coefficient (Wildman–Crippen LogP) is 6.05. The summed E-state index contributed by atoms with van der Waals surface area (Å²) in [7, 11) is 0. The van der Waals surface area contributed by atoms with Crippen molar-refractivity contribution < 1.29 is 20.1 Å². The van der Waals surface area contributed by atoms with Crippen LogP contribution in [-0.2, 0) is 11.3 Å². The SMILES string of the molecule is CC(C)c1c(-c2ccccc2N=O)c(-c2ccccc2)c(O)n1CCCCCC(O)C(=O)O. The number of aromatic nitrogens is 1. The van der Waals surface area contributed by atoms with E-state index in [2.05, 4.69) is 5.18 Å². The molecule has 0 amide bonds. The van der Waals surface area contributed by atoms with E-state index in [1.54, 1.807) is 12.1 Å². The molecule has 3 N–H and O–H groups in total. The van der Waals surface area contributed by atoms with Gasteiger partial charge in [0.15, 0.2) is 12.0 Å². The molecule has 0 saturated carbocycles. The summed E-state index contributed by atoms with van der Waals surface area (Å²) in [5.41, 5.74) is 4.20. The first-order valence-corrected chi connectivity index (χ1v) is 11.2. The fraction of sp³-hybridized carbons (Fsp3) is 0.346. The van der Waals surface area contributed by atoms with Crippen LogP contribution >= 0.6 is 0 Å². The van der Waals surface area contributed by atoms with Crippen molar-refractivity contribution >= 4 is 11.7 Å². The van der Waals surface area contributed by atoms with Gasteiger partial charge in [-0.1, -0.05) is 75.2 Å². The number of rotatable bonds is 11. The second-order valence-electron chi connectivity index (χ2n) is 8.44. The summed E-state index contributed by atoms with van der Waals surface area (Å²) in [6.07, 6.45) is 0.836. The van der Waals surface area contributed by atoms with E-state index in [0.29, 0.717) is 42.6 Å². The number of hydrogen-bond donors (Lipinski definition) is 3. The van der Waals surface area contributed by atoms with E-state index < -0.39 is 12.1 Å². The van der Waals surface area contributed by atoms with Crippen LogP contribution in [0, 0.1) is 4.91 Å². The third-order valence-electron chi connectivity index (χ3n) is 5.80. The van der Waals surface area contributed by atoms with Crippen LogP contribution in [0.15, 0.2) is 59.8 Å². The van der Waals surface area contributed by atoms with Gasteiger partial charge in [-0.25, -0.2) is 4.79 Å². The Balaban J connectivity index is 2.05. The van der Waals surface area contributed by atoms with Gasteiger partial charge >= 0.3 is 5.97 Å². The number of aromatic hydroxyl groups is 1. The highest BCUT2D eigenvalue weighted by molar-refractivity contribution is 5.93. The molecule has 0 aliphatic rings. The standard InChI is InChI=1S/C26H30N2O5/c1-17(2)24-23(19-13-8-9-14-20(19)27-33)22(18-11-5-3-6-12-18)25(30)28(24)16-10-4-7-15-21(29)26(31)32/h3,5-6,8-9,11-14,17,21,29-30H,4,7,10,15-16H2,1-2H3,(H,31,32). The largest absolute Gasteiger partial charge is 0.494 e. The average molecular weight is 451 g/mol. The number of nitrogens with zero attached hydrogens (tertiary/aromatic N) is 2. The Morgan fingerprint density at radius 1 is 0.970 bits per heavy atom. The van der Waals surface area contributed by atoms with Crippen LogP contribution in [0.5, 0.6) is 5.88 Å². The van der Waals surface area contributed by atoms with Crippen LogP contribution in [0.1, 0.15) is 51.1 Å². The Labute approximate surface area is 193 Å². The minimum atomic E-state index is -1.35. The van der Waals surface area contributed by atoms with Gasteiger partial charge in [-0.3, -0.25) is 0 Å². The predicted molar refractivity (Wildman–Crippen MR) is 129 cm³/mol. The molecule has 1 unspecified atom stereocenters. The van der Waals surface area contributed by atoms with E-state index in [0.717, 1.165) is 16.8 Å². The van der Waals surface area contributed by atoms with Crippen LogP contribution in [0.4, 0.5) is 5.69 Å². The molecular formula is C26H30N2O5. The molecule has 0 bridgehead atoms. The van der Waals surface area contributed by atoms with Crippen LogP contribution in [0.3, 0.4) is 0 Å².